The zero-order valence-electron chi connectivity index (χ0n) is 8.19. The summed E-state index contributed by atoms with van der Waals surface area (Å²) < 4.78 is 76.0. The van der Waals surface area contributed by atoms with Gasteiger partial charge in [-0.1, -0.05) is 0 Å². The molecule has 0 aliphatic rings. The Hall–Kier alpha value is -1.44. The SMILES string of the molecule is O=C(Cl)c1ccc(C(F)(F)F)cc1OC(F)(F)F. The van der Waals surface area contributed by atoms with Crippen LogP contribution in [-0.2, 0) is 6.18 Å². The monoisotopic (exact) mass is 292 g/mol. The predicted octanol–water partition coefficient (Wildman–Crippen LogP) is 3.98. The number of alkyl halides is 6. The molecule has 0 amide bonds. The molecule has 0 N–H and O–H groups in total. The molecule has 0 radical (unpaired) electrons. The van der Waals surface area contributed by atoms with Crippen LogP contribution in [0.1, 0.15) is 15.9 Å². The van der Waals surface area contributed by atoms with E-state index in [9.17, 15) is 31.1 Å². The summed E-state index contributed by atoms with van der Waals surface area (Å²) in [6.45, 7) is 0. The molecule has 9 heteroatoms. The van der Waals surface area contributed by atoms with E-state index in [0.717, 1.165) is 0 Å². The summed E-state index contributed by atoms with van der Waals surface area (Å²) in [7, 11) is 0. The van der Waals surface area contributed by atoms with Crippen molar-refractivity contribution < 1.29 is 35.9 Å². The number of ether oxygens (including phenoxy) is 1. The molecule has 0 aromatic heterocycles. The highest BCUT2D eigenvalue weighted by Crippen LogP contribution is 2.35. The summed E-state index contributed by atoms with van der Waals surface area (Å²) in [5, 5.41) is -1.36. The Kier molecular flexibility index (Phi) is 3.80. The zero-order valence-corrected chi connectivity index (χ0v) is 8.95. The van der Waals surface area contributed by atoms with Crippen LogP contribution in [0.4, 0.5) is 26.3 Å². The Morgan fingerprint density at radius 3 is 2.06 bits per heavy atom. The Balaban J connectivity index is 3.29. The molecule has 0 unspecified atom stereocenters. The molecule has 0 aliphatic carbocycles. The van der Waals surface area contributed by atoms with E-state index in [4.69, 9.17) is 11.6 Å². The second-order valence-corrected chi connectivity index (χ2v) is 3.37. The fourth-order valence-corrected chi connectivity index (χ4v) is 1.23. The van der Waals surface area contributed by atoms with E-state index in [1.54, 1.807) is 0 Å². The topological polar surface area (TPSA) is 26.3 Å². The first-order chi connectivity index (χ1) is 8.00. The van der Waals surface area contributed by atoms with Crippen LogP contribution in [0.3, 0.4) is 0 Å². The van der Waals surface area contributed by atoms with Gasteiger partial charge in [0.2, 0.25) is 0 Å². The van der Waals surface area contributed by atoms with Gasteiger partial charge in [0.05, 0.1) is 11.1 Å². The van der Waals surface area contributed by atoms with E-state index in [1.165, 1.54) is 0 Å². The van der Waals surface area contributed by atoms with Crippen LogP contribution >= 0.6 is 11.6 Å². The van der Waals surface area contributed by atoms with Gasteiger partial charge in [-0.25, -0.2) is 0 Å². The van der Waals surface area contributed by atoms with Gasteiger partial charge in [-0.15, -0.1) is 13.2 Å². The van der Waals surface area contributed by atoms with Crippen LogP contribution in [0.25, 0.3) is 0 Å². The highest BCUT2D eigenvalue weighted by atomic mass is 35.5. The minimum Gasteiger partial charge on any atom is -0.405 e. The first kappa shape index (κ1) is 14.6. The van der Waals surface area contributed by atoms with Gasteiger partial charge < -0.3 is 4.74 Å². The lowest BCUT2D eigenvalue weighted by atomic mass is 10.1. The maximum atomic E-state index is 12.3. The first-order valence-electron chi connectivity index (χ1n) is 4.17. The number of hydrogen-bond donors (Lipinski definition) is 0. The molecular weight excluding hydrogens is 290 g/mol. The molecule has 0 atom stereocenters. The Morgan fingerprint density at radius 2 is 1.67 bits per heavy atom. The van der Waals surface area contributed by atoms with Gasteiger partial charge in [-0.2, -0.15) is 13.2 Å². The lowest BCUT2D eigenvalue weighted by Gasteiger charge is -2.14. The number of hydrogen-bond acceptors (Lipinski definition) is 2. The molecule has 0 bridgehead atoms. The van der Waals surface area contributed by atoms with Gasteiger partial charge >= 0.3 is 12.5 Å². The molecule has 2 nitrogen and oxygen atoms in total. The average molecular weight is 293 g/mol. The molecule has 0 heterocycles. The summed E-state index contributed by atoms with van der Waals surface area (Å²) in [5.41, 5.74) is -2.19. The van der Waals surface area contributed by atoms with Gasteiger partial charge in [0.1, 0.15) is 5.75 Å². The average Bonchev–Trinajstić information content (AvgIpc) is 2.12. The molecule has 100 valence electrons. The zero-order chi connectivity index (χ0) is 14.1. The van der Waals surface area contributed by atoms with Crippen molar-refractivity contribution in [2.24, 2.45) is 0 Å². The molecule has 0 spiro atoms. The van der Waals surface area contributed by atoms with Gasteiger partial charge in [0.25, 0.3) is 5.24 Å². The van der Waals surface area contributed by atoms with Crippen molar-refractivity contribution in [1.82, 2.24) is 0 Å². The minimum absolute atomic E-state index is 0.0586. The molecular formula is C9H3ClF6O2. The molecule has 0 fully saturated rings. The lowest BCUT2D eigenvalue weighted by Crippen LogP contribution is -2.19. The smallest absolute Gasteiger partial charge is 0.405 e. The Labute approximate surface area is 101 Å². The third-order valence-electron chi connectivity index (χ3n) is 1.75. The molecule has 1 aromatic carbocycles. The van der Waals surface area contributed by atoms with Crippen LogP contribution in [-0.4, -0.2) is 11.6 Å². The Morgan fingerprint density at radius 1 is 1.11 bits per heavy atom. The number of carbonyl (C=O) groups is 1. The maximum absolute atomic E-state index is 12.3. The summed E-state index contributed by atoms with van der Waals surface area (Å²) >= 11 is 4.94. The molecule has 0 aliphatic heterocycles. The van der Waals surface area contributed by atoms with Crippen molar-refractivity contribution in [3.05, 3.63) is 29.3 Å². The normalized spacial score (nSPS) is 12.4. The standard InChI is InChI=1S/C9H3ClF6O2/c10-7(17)5-2-1-4(8(11,12)13)3-6(5)18-9(14,15)16/h1-3H. The number of benzene rings is 1. The fraction of sp³-hybridized carbons (Fsp3) is 0.222. The lowest BCUT2D eigenvalue weighted by molar-refractivity contribution is -0.274. The summed E-state index contributed by atoms with van der Waals surface area (Å²) in [4.78, 5) is 10.7. The van der Waals surface area contributed by atoms with Crippen LogP contribution in [0.5, 0.6) is 5.75 Å². The predicted molar refractivity (Wildman–Crippen MR) is 48.3 cm³/mol. The molecule has 18 heavy (non-hydrogen) atoms. The first-order valence-corrected chi connectivity index (χ1v) is 4.55. The van der Waals surface area contributed by atoms with Gasteiger partial charge in [0, 0.05) is 0 Å². The number of halogens is 7. The van der Waals surface area contributed by atoms with Crippen LogP contribution in [0.2, 0.25) is 0 Å². The Bertz CT molecular complexity index is 465. The number of carbonyl (C=O) groups excluding carboxylic acids is 1. The molecule has 0 saturated carbocycles. The van der Waals surface area contributed by atoms with E-state index >= 15 is 0 Å². The molecule has 0 saturated heterocycles. The largest absolute Gasteiger partial charge is 0.573 e. The quantitative estimate of drug-likeness (QED) is 0.609. The van der Waals surface area contributed by atoms with Crippen molar-refractivity contribution in [1.29, 1.82) is 0 Å². The van der Waals surface area contributed by atoms with E-state index in [0.29, 0.717) is 12.1 Å². The highest BCUT2D eigenvalue weighted by Gasteiger charge is 2.36. The van der Waals surface area contributed by atoms with E-state index < -0.39 is 34.7 Å². The molecule has 1 aromatic rings. The third kappa shape index (κ3) is 3.80. The van der Waals surface area contributed by atoms with E-state index in [1.807, 2.05) is 0 Å². The summed E-state index contributed by atoms with van der Waals surface area (Å²) in [6.07, 6.45) is -10.1. The second-order valence-electron chi connectivity index (χ2n) is 3.03. The summed E-state index contributed by atoms with van der Waals surface area (Å²) in [5.74, 6) is -1.29. The molecule has 1 rings (SSSR count). The summed E-state index contributed by atoms with van der Waals surface area (Å²) in [6, 6.07) is 1.00. The van der Waals surface area contributed by atoms with Gasteiger partial charge in [-0.3, -0.25) is 4.79 Å². The van der Waals surface area contributed by atoms with Gasteiger partial charge in [-0.05, 0) is 29.8 Å². The third-order valence-corrected chi connectivity index (χ3v) is 1.95. The van der Waals surface area contributed by atoms with Crippen LogP contribution in [0, 0.1) is 0 Å². The van der Waals surface area contributed by atoms with Crippen molar-refractivity contribution >= 4 is 16.8 Å². The fourth-order valence-electron chi connectivity index (χ4n) is 1.07. The van der Waals surface area contributed by atoms with E-state index in [2.05, 4.69) is 4.74 Å². The second kappa shape index (κ2) is 4.68. The highest BCUT2D eigenvalue weighted by molar-refractivity contribution is 6.68. The maximum Gasteiger partial charge on any atom is 0.573 e. The van der Waals surface area contributed by atoms with Crippen molar-refractivity contribution in [3.8, 4) is 5.75 Å². The van der Waals surface area contributed by atoms with E-state index in [-0.39, 0.29) is 6.07 Å². The van der Waals surface area contributed by atoms with Crippen molar-refractivity contribution in [2.75, 3.05) is 0 Å². The minimum atomic E-state index is -5.23. The van der Waals surface area contributed by atoms with Crippen molar-refractivity contribution in [2.45, 2.75) is 12.5 Å². The number of rotatable bonds is 2. The van der Waals surface area contributed by atoms with Crippen LogP contribution < -0.4 is 4.74 Å². The van der Waals surface area contributed by atoms with Gasteiger partial charge in [0.15, 0.2) is 0 Å². The van der Waals surface area contributed by atoms with Crippen molar-refractivity contribution in [3.63, 3.8) is 0 Å². The van der Waals surface area contributed by atoms with Crippen LogP contribution in [0.15, 0.2) is 18.2 Å².